The molecular weight excluding hydrogens is 297 g/mol. The van der Waals surface area contributed by atoms with Gasteiger partial charge in [0.25, 0.3) is 0 Å². The fourth-order valence-corrected chi connectivity index (χ4v) is 2.73. The van der Waals surface area contributed by atoms with Crippen molar-refractivity contribution in [3.63, 3.8) is 0 Å². The Morgan fingerprint density at radius 2 is 1.95 bits per heavy atom. The first kappa shape index (κ1) is 16.0. The molecular formula is C13H19F2N4OP. The number of alkyl halides is 2. The van der Waals surface area contributed by atoms with Crippen molar-refractivity contribution in [3.05, 3.63) is 17.5 Å². The molecule has 0 N–H and O–H groups in total. The number of carbonyl (C=O) groups is 1. The van der Waals surface area contributed by atoms with Crippen LogP contribution in [0.2, 0.25) is 0 Å². The van der Waals surface area contributed by atoms with Crippen LogP contribution in [0.5, 0.6) is 0 Å². The van der Waals surface area contributed by atoms with Crippen LogP contribution in [0, 0.1) is 6.92 Å². The smallest absolute Gasteiger partial charge is 0.303 e. The minimum absolute atomic E-state index is 0.0267. The molecule has 1 atom stereocenters. The van der Waals surface area contributed by atoms with Crippen LogP contribution in [-0.2, 0) is 10.5 Å². The lowest BCUT2D eigenvalue weighted by Crippen LogP contribution is -2.48. The van der Waals surface area contributed by atoms with Crippen molar-refractivity contribution >= 4 is 20.4 Å². The van der Waals surface area contributed by atoms with E-state index in [4.69, 9.17) is 0 Å². The Balaban J connectivity index is 2.19. The molecule has 1 aromatic rings. The molecule has 1 aliphatic rings. The molecule has 1 unspecified atom stereocenters. The Morgan fingerprint density at radius 3 is 2.48 bits per heavy atom. The van der Waals surface area contributed by atoms with E-state index >= 15 is 0 Å². The van der Waals surface area contributed by atoms with Gasteiger partial charge in [0.2, 0.25) is 11.9 Å². The molecule has 0 radical (unpaired) electrons. The summed E-state index contributed by atoms with van der Waals surface area (Å²) >= 11 is 0. The zero-order valence-electron chi connectivity index (χ0n) is 12.4. The van der Waals surface area contributed by atoms with Crippen LogP contribution in [0.3, 0.4) is 0 Å². The molecule has 2 heterocycles. The Kier molecular flexibility index (Phi) is 4.71. The van der Waals surface area contributed by atoms with E-state index in [9.17, 15) is 13.6 Å². The zero-order valence-corrected chi connectivity index (χ0v) is 13.4. The summed E-state index contributed by atoms with van der Waals surface area (Å²) in [6.07, 6.45) is 1.45. The number of aryl methyl sites for hydroxylation is 1. The number of anilines is 1. The molecule has 1 fully saturated rings. The SMILES string of the molecule is CPC(F)(F)c1nc(N2CCN(C(C)=O)CC2)ncc1C. The van der Waals surface area contributed by atoms with Crippen molar-refractivity contribution in [3.8, 4) is 0 Å². The van der Waals surface area contributed by atoms with E-state index < -0.39 is 14.2 Å². The van der Waals surface area contributed by atoms with E-state index in [0.29, 0.717) is 37.7 Å². The van der Waals surface area contributed by atoms with Gasteiger partial charge in [0.05, 0.1) is 0 Å². The normalized spacial score (nSPS) is 16.8. The number of hydrogen-bond donors (Lipinski definition) is 0. The number of amides is 1. The molecule has 1 aliphatic heterocycles. The van der Waals surface area contributed by atoms with Crippen molar-refractivity contribution in [1.82, 2.24) is 14.9 Å². The fourth-order valence-electron chi connectivity index (χ4n) is 2.24. The predicted octanol–water partition coefficient (Wildman–Crippen LogP) is 1.81. The second-order valence-electron chi connectivity index (χ2n) is 5.02. The van der Waals surface area contributed by atoms with Crippen molar-refractivity contribution in [1.29, 1.82) is 0 Å². The Labute approximate surface area is 124 Å². The lowest BCUT2D eigenvalue weighted by atomic mass is 10.2. The molecule has 0 aliphatic carbocycles. The average Bonchev–Trinajstić information content (AvgIpc) is 2.47. The number of piperazine rings is 1. The first-order chi connectivity index (χ1) is 9.85. The minimum atomic E-state index is -2.91. The average molecular weight is 316 g/mol. The summed E-state index contributed by atoms with van der Waals surface area (Å²) < 4.78 is 27.8. The maximum atomic E-state index is 13.9. The van der Waals surface area contributed by atoms with Crippen LogP contribution >= 0.6 is 8.58 Å². The van der Waals surface area contributed by atoms with Crippen molar-refractivity contribution in [2.75, 3.05) is 37.7 Å². The largest absolute Gasteiger partial charge is 0.339 e. The molecule has 1 amide bonds. The van der Waals surface area contributed by atoms with E-state index in [-0.39, 0.29) is 11.6 Å². The lowest BCUT2D eigenvalue weighted by Gasteiger charge is -2.34. The molecule has 0 aromatic carbocycles. The monoisotopic (exact) mass is 316 g/mol. The summed E-state index contributed by atoms with van der Waals surface area (Å²) in [6, 6.07) is 0. The van der Waals surface area contributed by atoms with Crippen molar-refractivity contribution in [2.45, 2.75) is 19.5 Å². The second-order valence-corrected chi connectivity index (χ2v) is 6.15. The highest BCUT2D eigenvalue weighted by atomic mass is 31.1. The van der Waals surface area contributed by atoms with Gasteiger partial charge in [-0.1, -0.05) is 0 Å². The van der Waals surface area contributed by atoms with Gasteiger partial charge in [0, 0.05) is 39.3 Å². The number of rotatable bonds is 3. The van der Waals surface area contributed by atoms with Crippen molar-refractivity contribution < 1.29 is 13.6 Å². The van der Waals surface area contributed by atoms with E-state index in [0.717, 1.165) is 0 Å². The van der Waals surface area contributed by atoms with Crippen molar-refractivity contribution in [2.24, 2.45) is 0 Å². The lowest BCUT2D eigenvalue weighted by molar-refractivity contribution is -0.129. The van der Waals surface area contributed by atoms with Crippen LogP contribution in [-0.4, -0.2) is 53.6 Å². The van der Waals surface area contributed by atoms with Gasteiger partial charge in [-0.2, -0.15) is 8.78 Å². The molecule has 2 rings (SSSR count). The summed E-state index contributed by atoms with van der Waals surface area (Å²) in [5, 5.41) is 0. The van der Waals surface area contributed by atoms with Gasteiger partial charge >= 0.3 is 5.66 Å². The van der Waals surface area contributed by atoms with Crippen LogP contribution in [0.25, 0.3) is 0 Å². The number of halogens is 2. The standard InChI is InChI=1S/C13H19F2N4OP/c1-9-8-16-12(17-11(9)13(14,15)21-3)19-6-4-18(5-7-19)10(2)20/h8,21H,4-7H2,1-3H3. The van der Waals surface area contributed by atoms with Crippen LogP contribution in [0.15, 0.2) is 6.20 Å². The number of aromatic nitrogens is 2. The first-order valence-corrected chi connectivity index (χ1v) is 8.26. The van der Waals surface area contributed by atoms with Crippen LogP contribution in [0.1, 0.15) is 18.2 Å². The maximum Gasteiger partial charge on any atom is 0.303 e. The van der Waals surface area contributed by atoms with Gasteiger partial charge in [0.15, 0.2) is 0 Å². The highest BCUT2D eigenvalue weighted by Gasteiger charge is 2.34. The van der Waals surface area contributed by atoms with Gasteiger partial charge in [-0.05, 0) is 27.7 Å². The first-order valence-electron chi connectivity index (χ1n) is 6.76. The Morgan fingerprint density at radius 1 is 1.33 bits per heavy atom. The summed E-state index contributed by atoms with van der Waals surface area (Å²) in [7, 11) is -0.539. The summed E-state index contributed by atoms with van der Waals surface area (Å²) in [6.45, 7) is 6.83. The van der Waals surface area contributed by atoms with Crippen LogP contribution < -0.4 is 4.90 Å². The van der Waals surface area contributed by atoms with E-state index in [1.165, 1.54) is 19.8 Å². The van der Waals surface area contributed by atoms with Crippen LogP contribution in [0.4, 0.5) is 14.7 Å². The third kappa shape index (κ3) is 3.46. The minimum Gasteiger partial charge on any atom is -0.339 e. The molecule has 21 heavy (non-hydrogen) atoms. The third-order valence-corrected chi connectivity index (χ3v) is 4.44. The number of carbonyl (C=O) groups excluding carboxylic acids is 1. The van der Waals surface area contributed by atoms with Gasteiger partial charge in [-0.25, -0.2) is 9.97 Å². The van der Waals surface area contributed by atoms with Gasteiger partial charge in [0.1, 0.15) is 5.69 Å². The summed E-state index contributed by atoms with van der Waals surface area (Å²) in [5.41, 5.74) is -2.70. The maximum absolute atomic E-state index is 13.9. The molecule has 1 aromatic heterocycles. The van der Waals surface area contributed by atoms with E-state index in [1.807, 2.05) is 4.90 Å². The summed E-state index contributed by atoms with van der Waals surface area (Å²) in [5.74, 6) is 0.343. The molecule has 1 saturated heterocycles. The Bertz CT molecular complexity index is 533. The van der Waals surface area contributed by atoms with E-state index in [2.05, 4.69) is 9.97 Å². The van der Waals surface area contributed by atoms with Gasteiger partial charge in [-0.3, -0.25) is 4.79 Å². The molecule has 0 spiro atoms. The quantitative estimate of drug-likeness (QED) is 0.798. The van der Waals surface area contributed by atoms with Gasteiger partial charge in [-0.15, -0.1) is 0 Å². The highest BCUT2D eigenvalue weighted by molar-refractivity contribution is 7.38. The predicted molar refractivity (Wildman–Crippen MR) is 79.4 cm³/mol. The fraction of sp³-hybridized carbons (Fsp3) is 0.615. The number of hydrogen-bond acceptors (Lipinski definition) is 4. The third-order valence-electron chi connectivity index (χ3n) is 3.58. The Hall–Kier alpha value is -1.36. The number of nitrogens with zero attached hydrogens (tertiary/aromatic N) is 4. The zero-order chi connectivity index (χ0) is 15.6. The molecule has 8 heteroatoms. The molecule has 0 saturated carbocycles. The second kappa shape index (κ2) is 6.18. The van der Waals surface area contributed by atoms with E-state index in [1.54, 1.807) is 11.8 Å². The highest BCUT2D eigenvalue weighted by Crippen LogP contribution is 2.43. The molecule has 5 nitrogen and oxygen atoms in total. The molecule has 116 valence electrons. The summed E-state index contributed by atoms with van der Waals surface area (Å²) in [4.78, 5) is 23.1. The topological polar surface area (TPSA) is 49.3 Å². The molecule has 0 bridgehead atoms. The van der Waals surface area contributed by atoms with Gasteiger partial charge < -0.3 is 9.80 Å².